The van der Waals surface area contributed by atoms with Crippen LogP contribution in [0.5, 0.6) is 11.5 Å². The van der Waals surface area contributed by atoms with Crippen LogP contribution in [-0.4, -0.2) is 36.7 Å². The molecule has 2 aromatic rings. The smallest absolute Gasteiger partial charge is 0.395 e. The summed E-state index contributed by atoms with van der Waals surface area (Å²) in [6.07, 6.45) is -0.660. The van der Waals surface area contributed by atoms with Crippen molar-refractivity contribution in [3.8, 4) is 11.5 Å². The molecule has 0 unspecified atom stereocenters. The van der Waals surface area contributed by atoms with Crippen molar-refractivity contribution < 1.29 is 23.0 Å². The lowest BCUT2D eigenvalue weighted by atomic mass is 10.00. The summed E-state index contributed by atoms with van der Waals surface area (Å²) in [4.78, 5) is 14.3. The third-order valence-corrected chi connectivity index (χ3v) is 4.49. The highest BCUT2D eigenvalue weighted by atomic mass is 19.3. The average molecular weight is 372 g/mol. The number of anilines is 1. The summed E-state index contributed by atoms with van der Waals surface area (Å²) in [7, 11) is 0. The molecule has 1 N–H and O–H groups in total. The standard InChI is InChI=1S/C20H18F2N2O3/c21-20(22)26-17-7-6-16(12-18(17)27-20)23-19(25)13-24-10-8-15(9-11-24)14-4-2-1-3-5-14/h1-8,12H,9-11,13H2,(H,23,25). The summed E-state index contributed by atoms with van der Waals surface area (Å²) >= 11 is 0. The Morgan fingerprint density at radius 3 is 2.63 bits per heavy atom. The Labute approximate surface area is 155 Å². The Bertz CT molecular complexity index is 884. The first-order chi connectivity index (χ1) is 13.0. The normalized spacial score (nSPS) is 18.1. The maximum Gasteiger partial charge on any atom is 0.586 e. The third kappa shape index (κ3) is 4.09. The van der Waals surface area contributed by atoms with Gasteiger partial charge in [0.1, 0.15) is 0 Å². The Morgan fingerprint density at radius 1 is 1.11 bits per heavy atom. The van der Waals surface area contributed by atoms with E-state index in [0.717, 1.165) is 13.0 Å². The maximum atomic E-state index is 13.1. The molecule has 1 amide bonds. The number of hydrogen-bond acceptors (Lipinski definition) is 4. The highest BCUT2D eigenvalue weighted by Gasteiger charge is 2.43. The number of amides is 1. The lowest BCUT2D eigenvalue weighted by molar-refractivity contribution is -0.286. The van der Waals surface area contributed by atoms with E-state index in [4.69, 9.17) is 0 Å². The molecule has 7 heteroatoms. The summed E-state index contributed by atoms with van der Waals surface area (Å²) in [5.41, 5.74) is 2.88. The van der Waals surface area contributed by atoms with E-state index < -0.39 is 6.29 Å². The molecule has 0 saturated heterocycles. The van der Waals surface area contributed by atoms with Crippen LogP contribution in [-0.2, 0) is 4.79 Å². The summed E-state index contributed by atoms with van der Waals surface area (Å²) < 4.78 is 34.8. The number of hydrogen-bond donors (Lipinski definition) is 1. The number of rotatable bonds is 4. The molecule has 0 fully saturated rings. The van der Waals surface area contributed by atoms with Gasteiger partial charge in [-0.15, -0.1) is 8.78 Å². The number of fused-ring (bicyclic) bond motifs is 1. The Kier molecular flexibility index (Phi) is 4.53. The number of carbonyl (C=O) groups excluding carboxylic acids is 1. The molecule has 0 saturated carbocycles. The number of benzene rings is 2. The highest BCUT2D eigenvalue weighted by molar-refractivity contribution is 5.92. The molecule has 0 bridgehead atoms. The Morgan fingerprint density at radius 2 is 1.89 bits per heavy atom. The van der Waals surface area contributed by atoms with Crippen molar-refractivity contribution >= 4 is 17.2 Å². The van der Waals surface area contributed by atoms with Gasteiger partial charge in [-0.05, 0) is 29.7 Å². The first-order valence-electron chi connectivity index (χ1n) is 8.65. The minimum Gasteiger partial charge on any atom is -0.395 e. The Balaban J connectivity index is 1.33. The van der Waals surface area contributed by atoms with Crippen LogP contribution >= 0.6 is 0 Å². The second kappa shape index (κ2) is 7.00. The third-order valence-electron chi connectivity index (χ3n) is 4.49. The molecule has 0 aliphatic carbocycles. The molecule has 0 spiro atoms. The van der Waals surface area contributed by atoms with Crippen LogP contribution in [0.15, 0.2) is 54.6 Å². The van der Waals surface area contributed by atoms with E-state index in [1.54, 1.807) is 0 Å². The minimum atomic E-state index is -3.67. The van der Waals surface area contributed by atoms with Crippen molar-refractivity contribution in [2.45, 2.75) is 12.7 Å². The lowest BCUT2D eigenvalue weighted by Gasteiger charge is -2.25. The highest BCUT2D eigenvalue weighted by Crippen LogP contribution is 2.42. The average Bonchev–Trinajstić information content (AvgIpc) is 2.96. The van der Waals surface area contributed by atoms with Gasteiger partial charge in [-0.25, -0.2) is 0 Å². The van der Waals surface area contributed by atoms with Crippen LogP contribution in [0.25, 0.3) is 5.57 Å². The van der Waals surface area contributed by atoms with Gasteiger partial charge in [0.05, 0.1) is 6.54 Å². The number of carbonyl (C=O) groups is 1. The van der Waals surface area contributed by atoms with Crippen molar-refractivity contribution in [1.82, 2.24) is 4.90 Å². The predicted octanol–water partition coefficient (Wildman–Crippen LogP) is 3.74. The van der Waals surface area contributed by atoms with E-state index in [2.05, 4.69) is 33.0 Å². The molecule has 27 heavy (non-hydrogen) atoms. The molecule has 140 valence electrons. The van der Waals surface area contributed by atoms with E-state index in [0.29, 0.717) is 12.2 Å². The van der Waals surface area contributed by atoms with Gasteiger partial charge < -0.3 is 14.8 Å². The second-order valence-corrected chi connectivity index (χ2v) is 6.46. The van der Waals surface area contributed by atoms with Crippen LogP contribution in [0.4, 0.5) is 14.5 Å². The number of halogens is 2. The Hall–Kier alpha value is -2.93. The molecular weight excluding hydrogens is 354 g/mol. The molecule has 0 atom stereocenters. The molecule has 4 rings (SSSR count). The molecule has 2 aliphatic rings. The van der Waals surface area contributed by atoms with Crippen molar-refractivity contribution in [2.75, 3.05) is 25.0 Å². The van der Waals surface area contributed by atoms with E-state index in [1.165, 1.54) is 29.3 Å². The van der Waals surface area contributed by atoms with Gasteiger partial charge in [0.15, 0.2) is 11.5 Å². The van der Waals surface area contributed by atoms with Crippen LogP contribution in [0.2, 0.25) is 0 Å². The number of ether oxygens (including phenoxy) is 2. The van der Waals surface area contributed by atoms with Crippen LogP contribution in [0.1, 0.15) is 12.0 Å². The molecule has 5 nitrogen and oxygen atoms in total. The monoisotopic (exact) mass is 372 g/mol. The molecule has 0 aromatic heterocycles. The van der Waals surface area contributed by atoms with Gasteiger partial charge in [-0.1, -0.05) is 36.4 Å². The fraction of sp³-hybridized carbons (Fsp3) is 0.250. The molecule has 2 heterocycles. The van der Waals surface area contributed by atoms with E-state index in [9.17, 15) is 13.6 Å². The zero-order valence-corrected chi connectivity index (χ0v) is 14.5. The zero-order valence-electron chi connectivity index (χ0n) is 14.5. The van der Waals surface area contributed by atoms with E-state index in [-0.39, 0.29) is 24.0 Å². The quantitative estimate of drug-likeness (QED) is 0.889. The van der Waals surface area contributed by atoms with Crippen molar-refractivity contribution in [1.29, 1.82) is 0 Å². The molecule has 2 aromatic carbocycles. The van der Waals surface area contributed by atoms with Crippen molar-refractivity contribution in [2.24, 2.45) is 0 Å². The van der Waals surface area contributed by atoms with E-state index >= 15 is 0 Å². The van der Waals surface area contributed by atoms with Crippen LogP contribution < -0.4 is 14.8 Å². The van der Waals surface area contributed by atoms with E-state index in [1.807, 2.05) is 23.1 Å². The van der Waals surface area contributed by atoms with Gasteiger partial charge in [-0.3, -0.25) is 9.69 Å². The molecule has 2 aliphatic heterocycles. The fourth-order valence-electron chi connectivity index (χ4n) is 3.20. The molecular formula is C20H18F2N2O3. The second-order valence-electron chi connectivity index (χ2n) is 6.46. The van der Waals surface area contributed by atoms with Gasteiger partial charge in [-0.2, -0.15) is 0 Å². The largest absolute Gasteiger partial charge is 0.586 e. The van der Waals surface area contributed by atoms with Gasteiger partial charge >= 0.3 is 6.29 Å². The minimum absolute atomic E-state index is 0.0485. The first kappa shape index (κ1) is 17.5. The first-order valence-corrected chi connectivity index (χ1v) is 8.65. The maximum absolute atomic E-state index is 13.1. The van der Waals surface area contributed by atoms with Crippen molar-refractivity contribution in [3.63, 3.8) is 0 Å². The summed E-state index contributed by atoms with van der Waals surface area (Å²) in [5, 5.41) is 2.71. The SMILES string of the molecule is O=C(CN1CC=C(c2ccccc2)CC1)Nc1ccc2c(c1)OC(F)(F)O2. The summed E-state index contributed by atoms with van der Waals surface area (Å²) in [6, 6.07) is 14.4. The predicted molar refractivity (Wildman–Crippen MR) is 96.8 cm³/mol. The number of nitrogens with zero attached hydrogens (tertiary/aromatic N) is 1. The van der Waals surface area contributed by atoms with Gasteiger partial charge in [0, 0.05) is 24.8 Å². The van der Waals surface area contributed by atoms with Crippen LogP contribution in [0.3, 0.4) is 0 Å². The van der Waals surface area contributed by atoms with Crippen LogP contribution in [0, 0.1) is 0 Å². The molecule has 0 radical (unpaired) electrons. The topological polar surface area (TPSA) is 50.8 Å². The summed E-state index contributed by atoms with van der Waals surface area (Å²) in [5.74, 6) is -0.351. The zero-order chi connectivity index (χ0) is 18.9. The summed E-state index contributed by atoms with van der Waals surface area (Å²) in [6.45, 7) is 1.69. The number of alkyl halides is 2. The van der Waals surface area contributed by atoms with Gasteiger partial charge in [0.2, 0.25) is 5.91 Å². The van der Waals surface area contributed by atoms with Gasteiger partial charge in [0.25, 0.3) is 0 Å². The number of nitrogens with one attached hydrogen (secondary N) is 1. The fourth-order valence-corrected chi connectivity index (χ4v) is 3.20. The lowest BCUT2D eigenvalue weighted by Crippen LogP contribution is -2.36. The van der Waals surface area contributed by atoms with Crippen molar-refractivity contribution in [3.05, 3.63) is 60.2 Å².